The van der Waals surface area contributed by atoms with Crippen molar-refractivity contribution in [2.75, 3.05) is 11.9 Å². The van der Waals surface area contributed by atoms with Gasteiger partial charge in [-0.05, 0) is 37.8 Å². The highest BCUT2D eigenvalue weighted by Gasteiger charge is 2.13. The van der Waals surface area contributed by atoms with Crippen molar-refractivity contribution >= 4 is 17.7 Å². The third-order valence-corrected chi connectivity index (χ3v) is 3.90. The van der Waals surface area contributed by atoms with E-state index in [1.165, 1.54) is 32.1 Å². The standard InChI is InChI=1S/C18H24N2O3/c1-2-23-17(21)15-10-6-7-11-16(15)20-18(22)19-13-12-14-8-4-3-5-9-14/h6-7,10-14H,2-5,8-9H2,1H3,(H2,19,20,22)/b13-12+. The number of carbonyl (C=O) groups is 2. The molecule has 0 spiro atoms. The van der Waals surface area contributed by atoms with Crippen LogP contribution in [0.4, 0.5) is 10.5 Å². The monoisotopic (exact) mass is 316 g/mol. The summed E-state index contributed by atoms with van der Waals surface area (Å²) < 4.78 is 4.99. The number of rotatable bonds is 5. The van der Waals surface area contributed by atoms with Crippen molar-refractivity contribution in [3.63, 3.8) is 0 Å². The molecule has 1 aliphatic carbocycles. The summed E-state index contributed by atoms with van der Waals surface area (Å²) >= 11 is 0. The van der Waals surface area contributed by atoms with Crippen molar-refractivity contribution in [1.82, 2.24) is 5.32 Å². The van der Waals surface area contributed by atoms with Gasteiger partial charge in [0.1, 0.15) is 0 Å². The fourth-order valence-electron chi connectivity index (χ4n) is 2.72. The molecule has 1 aromatic rings. The van der Waals surface area contributed by atoms with Crippen LogP contribution in [0.15, 0.2) is 36.5 Å². The van der Waals surface area contributed by atoms with Gasteiger partial charge in [-0.25, -0.2) is 9.59 Å². The topological polar surface area (TPSA) is 67.4 Å². The quantitative estimate of drug-likeness (QED) is 0.804. The maximum absolute atomic E-state index is 12.0. The number of para-hydroxylation sites is 1. The number of amides is 2. The van der Waals surface area contributed by atoms with Crippen LogP contribution in [0.2, 0.25) is 0 Å². The van der Waals surface area contributed by atoms with Crippen LogP contribution < -0.4 is 10.6 Å². The number of anilines is 1. The molecule has 5 nitrogen and oxygen atoms in total. The molecule has 1 fully saturated rings. The molecule has 0 atom stereocenters. The van der Waals surface area contributed by atoms with E-state index in [4.69, 9.17) is 4.74 Å². The summed E-state index contributed by atoms with van der Waals surface area (Å²) in [5, 5.41) is 5.38. The Bertz CT molecular complexity index is 563. The maximum atomic E-state index is 12.0. The number of allylic oxidation sites excluding steroid dienone is 1. The van der Waals surface area contributed by atoms with Gasteiger partial charge in [0.2, 0.25) is 0 Å². The van der Waals surface area contributed by atoms with Crippen LogP contribution in [0, 0.1) is 5.92 Å². The van der Waals surface area contributed by atoms with Gasteiger partial charge < -0.3 is 15.4 Å². The van der Waals surface area contributed by atoms with Gasteiger partial charge in [0.25, 0.3) is 0 Å². The summed E-state index contributed by atoms with van der Waals surface area (Å²) in [6, 6.07) is 6.44. The van der Waals surface area contributed by atoms with Crippen molar-refractivity contribution in [1.29, 1.82) is 0 Å². The Morgan fingerprint density at radius 2 is 1.96 bits per heavy atom. The first kappa shape index (κ1) is 17.1. The summed E-state index contributed by atoms with van der Waals surface area (Å²) in [5.74, 6) is 0.108. The summed E-state index contributed by atoms with van der Waals surface area (Å²) in [5.41, 5.74) is 0.787. The smallest absolute Gasteiger partial charge is 0.340 e. The van der Waals surface area contributed by atoms with Crippen LogP contribution in [-0.4, -0.2) is 18.6 Å². The van der Waals surface area contributed by atoms with Gasteiger partial charge in [-0.1, -0.05) is 37.5 Å². The molecule has 1 aliphatic rings. The third-order valence-electron chi connectivity index (χ3n) is 3.90. The molecule has 0 aliphatic heterocycles. The molecule has 0 heterocycles. The zero-order valence-electron chi connectivity index (χ0n) is 13.5. The molecule has 2 rings (SSSR count). The van der Waals surface area contributed by atoms with Crippen LogP contribution >= 0.6 is 0 Å². The van der Waals surface area contributed by atoms with Crippen LogP contribution in [-0.2, 0) is 4.74 Å². The second-order valence-corrected chi connectivity index (χ2v) is 5.62. The first-order valence-electron chi connectivity index (χ1n) is 8.21. The Labute approximate surface area is 137 Å². The van der Waals surface area contributed by atoms with E-state index in [0.29, 0.717) is 23.8 Å². The first-order valence-corrected chi connectivity index (χ1v) is 8.21. The summed E-state index contributed by atoms with van der Waals surface area (Å²) in [6.07, 6.45) is 9.94. The Morgan fingerprint density at radius 3 is 2.70 bits per heavy atom. The van der Waals surface area contributed by atoms with Crippen molar-refractivity contribution in [2.24, 2.45) is 5.92 Å². The fraction of sp³-hybridized carbons (Fsp3) is 0.444. The summed E-state index contributed by atoms with van der Waals surface area (Å²) in [4.78, 5) is 23.8. The van der Waals surface area contributed by atoms with Crippen molar-refractivity contribution in [3.8, 4) is 0 Å². The van der Waals surface area contributed by atoms with Crippen LogP contribution in [0.25, 0.3) is 0 Å². The predicted octanol–water partition coefficient (Wildman–Crippen LogP) is 4.08. The summed E-state index contributed by atoms with van der Waals surface area (Å²) in [7, 11) is 0. The average Bonchev–Trinajstić information content (AvgIpc) is 2.56. The highest BCUT2D eigenvalue weighted by Crippen LogP contribution is 2.24. The minimum Gasteiger partial charge on any atom is -0.462 e. The van der Waals surface area contributed by atoms with Crippen LogP contribution in [0.5, 0.6) is 0 Å². The molecule has 1 saturated carbocycles. The highest BCUT2D eigenvalue weighted by molar-refractivity contribution is 6.00. The Morgan fingerprint density at radius 1 is 1.22 bits per heavy atom. The number of hydrogen-bond acceptors (Lipinski definition) is 3. The lowest BCUT2D eigenvalue weighted by Crippen LogP contribution is -2.25. The number of ether oxygens (including phenoxy) is 1. The van der Waals surface area contributed by atoms with Gasteiger partial charge in [0.15, 0.2) is 0 Å². The molecule has 0 radical (unpaired) electrons. The zero-order valence-corrected chi connectivity index (χ0v) is 13.5. The van der Waals surface area contributed by atoms with Gasteiger partial charge in [0.05, 0.1) is 17.9 Å². The lowest BCUT2D eigenvalue weighted by atomic mass is 9.89. The Balaban J connectivity index is 1.89. The maximum Gasteiger partial charge on any atom is 0.340 e. The van der Waals surface area contributed by atoms with Crippen LogP contribution in [0.3, 0.4) is 0 Å². The molecule has 124 valence electrons. The first-order chi connectivity index (χ1) is 11.2. The van der Waals surface area contributed by atoms with Gasteiger partial charge in [-0.3, -0.25) is 0 Å². The van der Waals surface area contributed by atoms with Gasteiger partial charge in [-0.2, -0.15) is 0 Å². The lowest BCUT2D eigenvalue weighted by molar-refractivity contribution is 0.0527. The molecule has 0 aromatic heterocycles. The lowest BCUT2D eigenvalue weighted by Gasteiger charge is -2.17. The van der Waals surface area contributed by atoms with Crippen molar-refractivity contribution in [3.05, 3.63) is 42.1 Å². The summed E-state index contributed by atoms with van der Waals surface area (Å²) in [6.45, 7) is 2.04. The molecule has 2 N–H and O–H groups in total. The fourth-order valence-corrected chi connectivity index (χ4v) is 2.72. The molecule has 0 unspecified atom stereocenters. The number of urea groups is 1. The highest BCUT2D eigenvalue weighted by atomic mass is 16.5. The Hall–Kier alpha value is -2.30. The third kappa shape index (κ3) is 5.43. The number of benzene rings is 1. The largest absolute Gasteiger partial charge is 0.462 e. The van der Waals surface area contributed by atoms with E-state index >= 15 is 0 Å². The minimum absolute atomic E-state index is 0.295. The SMILES string of the molecule is CCOC(=O)c1ccccc1NC(=O)N/C=C/C1CCCCC1. The number of esters is 1. The molecule has 23 heavy (non-hydrogen) atoms. The van der Waals surface area contributed by atoms with Crippen molar-refractivity contribution in [2.45, 2.75) is 39.0 Å². The van der Waals surface area contributed by atoms with Crippen molar-refractivity contribution < 1.29 is 14.3 Å². The molecular formula is C18H24N2O3. The van der Waals surface area contributed by atoms with Gasteiger partial charge in [0, 0.05) is 6.20 Å². The van der Waals surface area contributed by atoms with E-state index in [2.05, 4.69) is 16.7 Å². The minimum atomic E-state index is -0.443. The second-order valence-electron chi connectivity index (χ2n) is 5.62. The van der Waals surface area contributed by atoms with Crippen LogP contribution in [0.1, 0.15) is 49.4 Å². The number of hydrogen-bond donors (Lipinski definition) is 2. The normalized spacial score (nSPS) is 15.3. The number of carbonyl (C=O) groups excluding carboxylic acids is 2. The number of nitrogens with one attached hydrogen (secondary N) is 2. The average molecular weight is 316 g/mol. The molecule has 2 amide bonds. The predicted molar refractivity (Wildman–Crippen MR) is 90.3 cm³/mol. The second kappa shape index (κ2) is 8.98. The molecule has 1 aromatic carbocycles. The zero-order chi connectivity index (χ0) is 16.5. The van der Waals surface area contributed by atoms with E-state index < -0.39 is 5.97 Å². The van der Waals surface area contributed by atoms with E-state index in [-0.39, 0.29) is 6.03 Å². The van der Waals surface area contributed by atoms with E-state index in [0.717, 1.165) is 0 Å². The van der Waals surface area contributed by atoms with E-state index in [1.807, 2.05) is 0 Å². The Kier molecular flexibility index (Phi) is 6.66. The van der Waals surface area contributed by atoms with Gasteiger partial charge >= 0.3 is 12.0 Å². The molecule has 5 heteroatoms. The van der Waals surface area contributed by atoms with E-state index in [1.54, 1.807) is 37.4 Å². The van der Waals surface area contributed by atoms with Gasteiger partial charge in [-0.15, -0.1) is 0 Å². The van der Waals surface area contributed by atoms with E-state index in [9.17, 15) is 9.59 Å². The molecule has 0 saturated heterocycles. The molecular weight excluding hydrogens is 292 g/mol. The molecule has 0 bridgehead atoms.